The molecule has 100 valence electrons. The second-order valence-electron chi connectivity index (χ2n) is 4.51. The lowest BCUT2D eigenvalue weighted by Gasteiger charge is -2.31. The maximum absolute atomic E-state index is 12.4. The number of hydrogen-bond acceptors (Lipinski definition) is 2. The zero-order chi connectivity index (χ0) is 13.3. The third-order valence-corrected chi connectivity index (χ3v) is 3.19. The van der Waals surface area contributed by atoms with Crippen LogP contribution in [0.2, 0.25) is 0 Å². The van der Waals surface area contributed by atoms with Crippen LogP contribution < -0.4 is 0 Å². The lowest BCUT2D eigenvalue weighted by molar-refractivity contribution is -0.141. The highest BCUT2D eigenvalue weighted by Gasteiger charge is 2.35. The molecule has 18 heavy (non-hydrogen) atoms. The van der Waals surface area contributed by atoms with Crippen LogP contribution in [0.4, 0.5) is 13.2 Å². The van der Waals surface area contributed by atoms with E-state index in [1.807, 2.05) is 0 Å². The van der Waals surface area contributed by atoms with Crippen LogP contribution in [0.15, 0.2) is 6.07 Å². The number of hydrogen-bond donors (Lipinski definition) is 1. The summed E-state index contributed by atoms with van der Waals surface area (Å²) < 4.78 is 37.3. The monoisotopic (exact) mass is 261 g/mol. The molecule has 1 aliphatic heterocycles. The van der Waals surface area contributed by atoms with E-state index in [4.69, 9.17) is 0 Å². The summed E-state index contributed by atoms with van der Waals surface area (Å²) in [6.45, 7) is 2.59. The number of aromatic amines is 1. The number of H-pyrrole nitrogens is 1. The number of carbonyl (C=O) groups excluding carboxylic acids is 1. The van der Waals surface area contributed by atoms with Crippen LogP contribution in [0.25, 0.3) is 0 Å². The van der Waals surface area contributed by atoms with Gasteiger partial charge in [0.1, 0.15) is 0 Å². The van der Waals surface area contributed by atoms with Crippen molar-refractivity contribution >= 4 is 5.91 Å². The van der Waals surface area contributed by atoms with Crippen molar-refractivity contribution in [2.75, 3.05) is 13.1 Å². The molecule has 0 aromatic carbocycles. The van der Waals surface area contributed by atoms with E-state index in [1.165, 1.54) is 6.92 Å². The number of rotatable bonds is 1. The Morgan fingerprint density at radius 2 is 2.28 bits per heavy atom. The lowest BCUT2D eigenvalue weighted by Crippen LogP contribution is -2.37. The van der Waals surface area contributed by atoms with Gasteiger partial charge in [0.25, 0.3) is 0 Å². The predicted molar refractivity (Wildman–Crippen MR) is 57.8 cm³/mol. The third-order valence-electron chi connectivity index (χ3n) is 3.19. The minimum absolute atomic E-state index is 0.0461. The van der Waals surface area contributed by atoms with E-state index < -0.39 is 11.9 Å². The second-order valence-corrected chi connectivity index (χ2v) is 4.51. The fourth-order valence-electron chi connectivity index (χ4n) is 2.21. The summed E-state index contributed by atoms with van der Waals surface area (Å²) in [7, 11) is 0. The van der Waals surface area contributed by atoms with Crippen molar-refractivity contribution in [1.82, 2.24) is 15.1 Å². The van der Waals surface area contributed by atoms with Gasteiger partial charge in [0.05, 0.1) is 0 Å². The van der Waals surface area contributed by atoms with Crippen molar-refractivity contribution in [3.05, 3.63) is 17.5 Å². The van der Waals surface area contributed by atoms with Crippen molar-refractivity contribution < 1.29 is 18.0 Å². The average molecular weight is 261 g/mol. The molecule has 0 bridgehead atoms. The van der Waals surface area contributed by atoms with Crippen molar-refractivity contribution in [1.29, 1.82) is 0 Å². The van der Waals surface area contributed by atoms with E-state index in [9.17, 15) is 18.0 Å². The predicted octanol–water partition coefficient (Wildman–Crippen LogP) is 2.15. The average Bonchev–Trinajstić information content (AvgIpc) is 2.78. The summed E-state index contributed by atoms with van der Waals surface area (Å²) in [4.78, 5) is 12.9. The SMILES string of the molecule is CC(=O)N1CCC[C@@H](c2cc(C(F)(F)F)n[nH]2)C1. The van der Waals surface area contributed by atoms with Crippen molar-refractivity contribution in [2.24, 2.45) is 0 Å². The molecule has 1 aromatic rings. The highest BCUT2D eigenvalue weighted by molar-refractivity contribution is 5.73. The van der Waals surface area contributed by atoms with E-state index in [-0.39, 0.29) is 11.8 Å². The van der Waals surface area contributed by atoms with E-state index >= 15 is 0 Å². The summed E-state index contributed by atoms with van der Waals surface area (Å²) in [5, 5.41) is 5.71. The molecule has 4 nitrogen and oxygen atoms in total. The summed E-state index contributed by atoms with van der Waals surface area (Å²) in [6.07, 6.45) is -2.86. The first-order chi connectivity index (χ1) is 8.38. The number of nitrogens with one attached hydrogen (secondary N) is 1. The molecule has 1 N–H and O–H groups in total. The Morgan fingerprint density at radius 3 is 2.83 bits per heavy atom. The fourth-order valence-corrected chi connectivity index (χ4v) is 2.21. The van der Waals surface area contributed by atoms with Crippen molar-refractivity contribution in [3.8, 4) is 0 Å². The van der Waals surface area contributed by atoms with Gasteiger partial charge in [-0.3, -0.25) is 9.89 Å². The van der Waals surface area contributed by atoms with Crippen LogP contribution in [0, 0.1) is 0 Å². The smallest absolute Gasteiger partial charge is 0.342 e. The molecule has 7 heteroatoms. The van der Waals surface area contributed by atoms with Gasteiger partial charge in [-0.15, -0.1) is 0 Å². The number of carbonyl (C=O) groups is 1. The molecule has 0 saturated carbocycles. The molecule has 1 aromatic heterocycles. The van der Waals surface area contributed by atoms with Gasteiger partial charge in [-0.2, -0.15) is 18.3 Å². The Kier molecular flexibility index (Phi) is 3.32. The molecular formula is C11H14F3N3O. The van der Waals surface area contributed by atoms with Crippen molar-refractivity contribution in [3.63, 3.8) is 0 Å². The zero-order valence-electron chi connectivity index (χ0n) is 9.92. The zero-order valence-corrected chi connectivity index (χ0v) is 9.92. The van der Waals surface area contributed by atoms with E-state index in [0.29, 0.717) is 18.8 Å². The third kappa shape index (κ3) is 2.65. The first kappa shape index (κ1) is 12.9. The minimum Gasteiger partial charge on any atom is -0.342 e. The van der Waals surface area contributed by atoms with Gasteiger partial charge in [0.15, 0.2) is 5.69 Å². The van der Waals surface area contributed by atoms with Crippen LogP contribution in [-0.2, 0) is 11.0 Å². The quantitative estimate of drug-likeness (QED) is 0.842. The number of likely N-dealkylation sites (tertiary alicyclic amines) is 1. The summed E-state index contributed by atoms with van der Waals surface area (Å²) >= 11 is 0. The van der Waals surface area contributed by atoms with Gasteiger partial charge in [0, 0.05) is 31.6 Å². The van der Waals surface area contributed by atoms with Crippen LogP contribution in [0.3, 0.4) is 0 Å². The number of piperidine rings is 1. The maximum Gasteiger partial charge on any atom is 0.435 e. The topological polar surface area (TPSA) is 49.0 Å². The summed E-state index contributed by atoms with van der Waals surface area (Å²) in [5.74, 6) is -0.137. The molecule has 1 aliphatic rings. The maximum atomic E-state index is 12.4. The van der Waals surface area contributed by atoms with Gasteiger partial charge < -0.3 is 4.90 Å². The molecule has 1 fully saturated rings. The number of alkyl halides is 3. The highest BCUT2D eigenvalue weighted by atomic mass is 19.4. The van der Waals surface area contributed by atoms with E-state index in [0.717, 1.165) is 18.9 Å². The molecule has 2 heterocycles. The molecule has 0 radical (unpaired) electrons. The molecule has 1 amide bonds. The van der Waals surface area contributed by atoms with Gasteiger partial charge in [-0.1, -0.05) is 0 Å². The van der Waals surface area contributed by atoms with Crippen LogP contribution >= 0.6 is 0 Å². The minimum atomic E-state index is -4.43. The van der Waals surface area contributed by atoms with Gasteiger partial charge in [0.2, 0.25) is 5.91 Å². The summed E-state index contributed by atoms with van der Waals surface area (Å²) in [6, 6.07) is 1.04. The number of aromatic nitrogens is 2. The molecule has 1 saturated heterocycles. The summed E-state index contributed by atoms with van der Waals surface area (Å²) in [5.41, 5.74) is -0.453. The van der Waals surface area contributed by atoms with Crippen LogP contribution in [0.1, 0.15) is 37.1 Å². The first-order valence-electron chi connectivity index (χ1n) is 5.76. The molecule has 1 atom stereocenters. The fraction of sp³-hybridized carbons (Fsp3) is 0.636. The number of nitrogens with zero attached hydrogens (tertiary/aromatic N) is 2. The molecular weight excluding hydrogens is 247 g/mol. The second kappa shape index (κ2) is 4.62. The first-order valence-corrected chi connectivity index (χ1v) is 5.76. The molecule has 2 rings (SSSR count). The highest BCUT2D eigenvalue weighted by Crippen LogP contribution is 2.31. The normalized spacial score (nSPS) is 21.1. The van der Waals surface area contributed by atoms with Crippen LogP contribution in [-0.4, -0.2) is 34.1 Å². The van der Waals surface area contributed by atoms with Crippen LogP contribution in [0.5, 0.6) is 0 Å². The number of halogens is 3. The largest absolute Gasteiger partial charge is 0.435 e. The van der Waals surface area contributed by atoms with Gasteiger partial charge in [-0.25, -0.2) is 0 Å². The number of amides is 1. The Morgan fingerprint density at radius 1 is 1.56 bits per heavy atom. The van der Waals surface area contributed by atoms with Crippen molar-refractivity contribution in [2.45, 2.75) is 31.9 Å². The molecule has 0 spiro atoms. The molecule has 0 aliphatic carbocycles. The van der Waals surface area contributed by atoms with Gasteiger partial charge >= 0.3 is 6.18 Å². The Balaban J connectivity index is 2.12. The lowest BCUT2D eigenvalue weighted by atomic mass is 9.94. The Labute approximate surface area is 102 Å². The van der Waals surface area contributed by atoms with E-state index in [2.05, 4.69) is 10.2 Å². The standard InChI is InChI=1S/C11H14F3N3O/c1-7(18)17-4-2-3-8(6-17)9-5-10(16-15-9)11(12,13)14/h5,8H,2-4,6H2,1H3,(H,15,16)/t8-/m1/s1. The Hall–Kier alpha value is -1.53. The Bertz CT molecular complexity index is 441. The molecule has 0 unspecified atom stereocenters. The van der Waals surface area contributed by atoms with Gasteiger partial charge in [-0.05, 0) is 18.9 Å². The van der Waals surface area contributed by atoms with E-state index in [1.54, 1.807) is 4.90 Å².